The monoisotopic (exact) mass is 226 g/mol. The molecule has 88 valence electrons. The first-order valence-corrected chi connectivity index (χ1v) is 7.44. The van der Waals surface area contributed by atoms with E-state index < -0.39 is 13.7 Å². The summed E-state index contributed by atoms with van der Waals surface area (Å²) in [4.78, 5) is 19.6. The van der Waals surface area contributed by atoms with Crippen molar-refractivity contribution in [3.8, 4) is 0 Å². The molecule has 0 aromatic rings. The molecule has 5 heteroatoms. The van der Waals surface area contributed by atoms with Gasteiger partial charge in [0.25, 0.3) is 0 Å². The maximum atomic E-state index is 9.81. The van der Waals surface area contributed by atoms with E-state index in [0.717, 1.165) is 12.8 Å². The van der Waals surface area contributed by atoms with Crippen molar-refractivity contribution in [3.63, 3.8) is 0 Å². The first kappa shape index (κ1) is 14.3. The molecule has 0 spiro atoms. The second kappa shape index (κ2) is 7.55. The summed E-state index contributed by atoms with van der Waals surface area (Å²) in [6, 6.07) is -0.802. The Labute approximate surface area is 86.7 Å². The fraction of sp³-hybridized carbons (Fsp3) is 1.00. The van der Waals surface area contributed by atoms with Gasteiger partial charge in [0.05, 0.1) is 0 Å². The van der Waals surface area contributed by atoms with Crippen LogP contribution in [0.3, 0.4) is 0 Å². The van der Waals surface area contributed by atoms with Gasteiger partial charge in [-0.05, 0) is 0 Å². The van der Waals surface area contributed by atoms with Crippen molar-refractivity contribution in [2.45, 2.75) is 39.6 Å². The van der Waals surface area contributed by atoms with Gasteiger partial charge in [0.2, 0.25) is 0 Å². The van der Waals surface area contributed by atoms with Crippen LogP contribution in [0, 0.1) is 0 Å². The van der Waals surface area contributed by atoms with E-state index in [0.29, 0.717) is 19.4 Å². The van der Waals surface area contributed by atoms with Crippen LogP contribution in [-0.2, 0) is 9.47 Å². The van der Waals surface area contributed by atoms with Crippen molar-refractivity contribution in [2.75, 3.05) is 19.4 Å². The average molecular weight is 226 g/mol. The van der Waals surface area contributed by atoms with Crippen molar-refractivity contribution in [1.29, 1.82) is 0 Å². The number of ether oxygens (including phenoxy) is 2. The van der Waals surface area contributed by atoms with Crippen LogP contribution in [0.15, 0.2) is 0 Å². The average Bonchev–Trinajstić information content (AvgIpc) is 2.14. The third-order valence-corrected chi connectivity index (χ3v) is 4.09. The Morgan fingerprint density at radius 1 is 1.07 bits per heavy atom. The van der Waals surface area contributed by atoms with E-state index in [9.17, 15) is 9.79 Å². The topological polar surface area (TPSA) is 58.9 Å². The first-order valence-electron chi connectivity index (χ1n) is 5.26. The molecule has 0 aromatic carbocycles. The summed E-state index contributed by atoms with van der Waals surface area (Å²) in [5.74, 6) is 0. The van der Waals surface area contributed by atoms with Gasteiger partial charge in [0.15, 0.2) is 0 Å². The van der Waals surface area contributed by atoms with Gasteiger partial charge in [-0.2, -0.15) is 0 Å². The van der Waals surface area contributed by atoms with Gasteiger partial charge in [0, 0.05) is 0 Å². The zero-order valence-electron chi connectivity index (χ0n) is 9.32. The molecular weight excluding hydrogens is 203 g/mol. The van der Waals surface area contributed by atoms with Crippen molar-refractivity contribution in [2.24, 2.45) is 0 Å². The molecule has 0 aliphatic heterocycles. The standard InChI is InChI=1S/C9H23O4P/c1-4-7-8-14(10,11)9(12-5-2)13-6-3/h9-11,14H,4-8H2,1-3H3. The van der Waals surface area contributed by atoms with Gasteiger partial charge in [-0.25, -0.2) is 0 Å². The van der Waals surface area contributed by atoms with Gasteiger partial charge in [-0.1, -0.05) is 0 Å². The summed E-state index contributed by atoms with van der Waals surface area (Å²) in [5, 5.41) is 0. The first-order chi connectivity index (χ1) is 6.58. The van der Waals surface area contributed by atoms with Crippen LogP contribution >= 0.6 is 7.72 Å². The van der Waals surface area contributed by atoms with E-state index in [1.165, 1.54) is 0 Å². The number of rotatable bonds is 8. The Balaban J connectivity index is 4.13. The summed E-state index contributed by atoms with van der Waals surface area (Å²) < 4.78 is 10.4. The third kappa shape index (κ3) is 5.23. The summed E-state index contributed by atoms with van der Waals surface area (Å²) in [7, 11) is -3.34. The molecule has 0 unspecified atom stereocenters. The molecule has 0 saturated heterocycles. The predicted octanol–water partition coefficient (Wildman–Crippen LogP) is 1.71. The molecule has 0 rings (SSSR count). The molecule has 0 heterocycles. The van der Waals surface area contributed by atoms with Crippen LogP contribution in [0.25, 0.3) is 0 Å². The quantitative estimate of drug-likeness (QED) is 0.488. The molecule has 0 aromatic heterocycles. The zero-order valence-corrected chi connectivity index (χ0v) is 10.3. The van der Waals surface area contributed by atoms with E-state index in [2.05, 4.69) is 0 Å². The van der Waals surface area contributed by atoms with Crippen LogP contribution in [0.2, 0.25) is 0 Å². The molecule has 2 N–H and O–H groups in total. The van der Waals surface area contributed by atoms with Gasteiger partial charge < -0.3 is 0 Å². The summed E-state index contributed by atoms with van der Waals surface area (Å²) in [6.45, 7) is 6.52. The van der Waals surface area contributed by atoms with Crippen molar-refractivity contribution < 1.29 is 19.3 Å². The molecule has 0 bridgehead atoms. The van der Waals surface area contributed by atoms with Gasteiger partial charge >= 0.3 is 86.0 Å². The molecule has 0 aliphatic rings. The molecular formula is C9H23O4P. The molecule has 0 saturated carbocycles. The zero-order chi connectivity index (χ0) is 11.0. The molecule has 0 atom stereocenters. The molecule has 0 radical (unpaired) electrons. The minimum absolute atomic E-state index is 0.411. The van der Waals surface area contributed by atoms with Crippen LogP contribution in [0.5, 0.6) is 0 Å². The SMILES string of the molecule is CCCC[PH](O)(O)C(OCC)OCC. The molecule has 0 amide bonds. The summed E-state index contributed by atoms with van der Waals surface area (Å²) in [5.41, 5.74) is 0. The molecule has 0 fully saturated rings. The van der Waals surface area contributed by atoms with Crippen LogP contribution in [0.4, 0.5) is 0 Å². The third-order valence-electron chi connectivity index (χ3n) is 1.91. The Kier molecular flexibility index (Phi) is 7.69. The van der Waals surface area contributed by atoms with Gasteiger partial charge in [0.1, 0.15) is 0 Å². The fourth-order valence-corrected chi connectivity index (χ4v) is 3.15. The van der Waals surface area contributed by atoms with Gasteiger partial charge in [-0.15, -0.1) is 0 Å². The van der Waals surface area contributed by atoms with E-state index >= 15 is 0 Å². The molecule has 4 nitrogen and oxygen atoms in total. The number of hydrogen-bond acceptors (Lipinski definition) is 4. The van der Waals surface area contributed by atoms with E-state index in [-0.39, 0.29) is 0 Å². The van der Waals surface area contributed by atoms with E-state index in [1.54, 1.807) is 0 Å². The van der Waals surface area contributed by atoms with Crippen molar-refractivity contribution in [3.05, 3.63) is 0 Å². The van der Waals surface area contributed by atoms with Crippen LogP contribution in [0.1, 0.15) is 33.6 Å². The predicted molar refractivity (Wildman–Crippen MR) is 59.6 cm³/mol. The maximum absolute atomic E-state index is 9.81. The Hall–Kier alpha value is 0.270. The van der Waals surface area contributed by atoms with Gasteiger partial charge in [-0.3, -0.25) is 0 Å². The number of unbranched alkanes of at least 4 members (excludes halogenated alkanes) is 1. The second-order valence-corrected chi connectivity index (χ2v) is 5.95. The summed E-state index contributed by atoms with van der Waals surface area (Å²) >= 11 is 0. The molecule has 0 aliphatic carbocycles. The minimum atomic E-state index is -3.34. The van der Waals surface area contributed by atoms with Crippen LogP contribution in [-0.4, -0.2) is 35.2 Å². The summed E-state index contributed by atoms with van der Waals surface area (Å²) in [6.07, 6.45) is 2.16. The van der Waals surface area contributed by atoms with E-state index in [4.69, 9.17) is 9.47 Å². The fourth-order valence-electron chi connectivity index (χ4n) is 1.17. The Bertz CT molecular complexity index is 135. The number of hydrogen-bond donors (Lipinski definition) is 2. The normalized spacial score (nSPS) is 13.6. The van der Waals surface area contributed by atoms with Crippen LogP contribution < -0.4 is 0 Å². The van der Waals surface area contributed by atoms with E-state index in [1.807, 2.05) is 20.8 Å². The van der Waals surface area contributed by atoms with Crippen molar-refractivity contribution in [1.82, 2.24) is 0 Å². The Morgan fingerprint density at radius 3 is 1.93 bits per heavy atom. The molecule has 14 heavy (non-hydrogen) atoms. The Morgan fingerprint density at radius 2 is 1.57 bits per heavy atom. The van der Waals surface area contributed by atoms with Crippen molar-refractivity contribution >= 4 is 7.72 Å². The second-order valence-electron chi connectivity index (χ2n) is 3.22.